The maximum atomic E-state index is 14.1. The zero-order valence-electron chi connectivity index (χ0n) is 17.6. The van der Waals surface area contributed by atoms with Crippen molar-refractivity contribution in [2.75, 3.05) is 6.61 Å². The summed E-state index contributed by atoms with van der Waals surface area (Å²) in [4.78, 5) is 0. The summed E-state index contributed by atoms with van der Waals surface area (Å²) in [5.41, 5.74) is -1.09. The molecule has 0 radical (unpaired) electrons. The van der Waals surface area contributed by atoms with E-state index in [9.17, 15) is 38.7 Å². The molecule has 184 valence electrons. The molecule has 1 aliphatic heterocycles. The van der Waals surface area contributed by atoms with Gasteiger partial charge in [-0.1, -0.05) is 28.1 Å². The number of aliphatic hydroxyl groups is 5. The van der Waals surface area contributed by atoms with E-state index >= 15 is 0 Å². The number of aliphatic hydroxyl groups excluding tert-OH is 4. The minimum Gasteiger partial charge on any atom is -0.417 e. The summed E-state index contributed by atoms with van der Waals surface area (Å²) >= 11 is 3.25. The standard InChI is InChI=1S/C20H24BrF3N2O7/c1-9(2)26-16(19(22,23)24)12(7-10-3-5-11(21)6-4-10)18(25-26)33-20(31)17(30)15(29)14(28)13(8-27)32-20/h3-6,9,13-15,17,27-31H,7-8H2,1-2H3/t13-,14-,15-,17-,20?/m1/s1. The maximum absolute atomic E-state index is 14.1. The predicted molar refractivity (Wildman–Crippen MR) is 110 cm³/mol. The second-order valence-corrected chi connectivity index (χ2v) is 8.88. The Balaban J connectivity index is 2.11. The Hall–Kier alpha value is -1.74. The van der Waals surface area contributed by atoms with Crippen LogP contribution in [0.25, 0.3) is 0 Å². The van der Waals surface area contributed by atoms with Crippen molar-refractivity contribution in [3.63, 3.8) is 0 Å². The van der Waals surface area contributed by atoms with E-state index in [2.05, 4.69) is 21.0 Å². The minimum absolute atomic E-state index is 0.301. The van der Waals surface area contributed by atoms with Gasteiger partial charge < -0.3 is 35.0 Å². The monoisotopic (exact) mass is 540 g/mol. The molecular formula is C20H24BrF3N2O7. The molecule has 1 unspecified atom stereocenters. The summed E-state index contributed by atoms with van der Waals surface area (Å²) < 4.78 is 53.8. The summed E-state index contributed by atoms with van der Waals surface area (Å²) in [5, 5.41) is 54.1. The number of alkyl halides is 3. The van der Waals surface area contributed by atoms with Gasteiger partial charge in [-0.05, 0) is 31.5 Å². The number of hydrogen-bond acceptors (Lipinski definition) is 8. The summed E-state index contributed by atoms with van der Waals surface area (Å²) in [6, 6.07) is 5.70. The van der Waals surface area contributed by atoms with Crippen LogP contribution in [0.2, 0.25) is 0 Å². The molecule has 0 bridgehead atoms. The molecule has 5 N–H and O–H groups in total. The van der Waals surface area contributed by atoms with Crippen molar-refractivity contribution in [2.24, 2.45) is 0 Å². The summed E-state index contributed by atoms with van der Waals surface area (Å²) in [6.45, 7) is 2.06. The Morgan fingerprint density at radius 1 is 1.18 bits per heavy atom. The highest BCUT2D eigenvalue weighted by Gasteiger charge is 2.56. The highest BCUT2D eigenvalue weighted by molar-refractivity contribution is 9.10. The quantitative estimate of drug-likeness (QED) is 0.346. The molecule has 1 aliphatic rings. The van der Waals surface area contributed by atoms with Gasteiger partial charge in [0, 0.05) is 16.9 Å². The van der Waals surface area contributed by atoms with Crippen LogP contribution in [0.1, 0.15) is 36.7 Å². The fraction of sp³-hybridized carbons (Fsp3) is 0.550. The molecule has 13 heteroatoms. The fourth-order valence-electron chi connectivity index (χ4n) is 3.52. The van der Waals surface area contributed by atoms with Crippen molar-refractivity contribution in [3.05, 3.63) is 45.6 Å². The third-order valence-electron chi connectivity index (χ3n) is 5.19. The van der Waals surface area contributed by atoms with Gasteiger partial charge in [-0.2, -0.15) is 13.2 Å². The molecule has 1 saturated heterocycles. The fourth-order valence-corrected chi connectivity index (χ4v) is 3.78. The molecule has 0 amide bonds. The van der Waals surface area contributed by atoms with E-state index in [0.717, 1.165) is 0 Å². The number of nitrogens with zero attached hydrogens (tertiary/aromatic N) is 2. The van der Waals surface area contributed by atoms with Gasteiger partial charge in [0.1, 0.15) is 24.0 Å². The van der Waals surface area contributed by atoms with Gasteiger partial charge in [-0.25, -0.2) is 0 Å². The minimum atomic E-state index is -4.85. The van der Waals surface area contributed by atoms with Crippen molar-refractivity contribution in [2.45, 2.75) is 62.9 Å². The van der Waals surface area contributed by atoms with Crippen LogP contribution in [-0.2, 0) is 17.3 Å². The number of ether oxygens (including phenoxy) is 2. The van der Waals surface area contributed by atoms with Crippen molar-refractivity contribution >= 4 is 15.9 Å². The topological polar surface area (TPSA) is 137 Å². The lowest BCUT2D eigenvalue weighted by molar-refractivity contribution is -0.423. The smallest absolute Gasteiger partial charge is 0.417 e. The van der Waals surface area contributed by atoms with Crippen molar-refractivity contribution in [3.8, 4) is 5.88 Å². The van der Waals surface area contributed by atoms with Crippen LogP contribution in [0.4, 0.5) is 13.2 Å². The third kappa shape index (κ3) is 5.19. The second-order valence-electron chi connectivity index (χ2n) is 7.97. The third-order valence-corrected chi connectivity index (χ3v) is 5.72. The van der Waals surface area contributed by atoms with Crippen molar-refractivity contribution in [1.82, 2.24) is 9.78 Å². The first kappa shape index (κ1) is 25.9. The summed E-state index contributed by atoms with van der Waals surface area (Å²) in [6.07, 6.45) is -12.8. The van der Waals surface area contributed by atoms with Gasteiger partial charge in [-0.3, -0.25) is 4.68 Å². The van der Waals surface area contributed by atoms with E-state index in [1.165, 1.54) is 13.8 Å². The van der Waals surface area contributed by atoms with Crippen molar-refractivity contribution in [1.29, 1.82) is 0 Å². The Kier molecular flexibility index (Phi) is 7.44. The predicted octanol–water partition coefficient (Wildman–Crippen LogP) is 1.33. The summed E-state index contributed by atoms with van der Waals surface area (Å²) in [7, 11) is 0. The van der Waals surface area contributed by atoms with Crippen LogP contribution in [0, 0.1) is 0 Å². The molecule has 0 saturated carbocycles. The van der Waals surface area contributed by atoms with E-state index in [1.807, 2.05) is 0 Å². The second kappa shape index (κ2) is 9.49. The first-order valence-corrected chi connectivity index (χ1v) is 10.7. The van der Waals surface area contributed by atoms with Gasteiger partial charge in [0.25, 0.3) is 0 Å². The Morgan fingerprint density at radius 3 is 2.30 bits per heavy atom. The van der Waals surface area contributed by atoms with Gasteiger partial charge in [0.15, 0.2) is 6.10 Å². The Bertz CT molecular complexity index is 968. The molecule has 9 nitrogen and oxygen atoms in total. The average molecular weight is 541 g/mol. The van der Waals surface area contributed by atoms with E-state index in [0.29, 0.717) is 14.7 Å². The number of benzene rings is 1. The van der Waals surface area contributed by atoms with Crippen LogP contribution in [-0.4, -0.2) is 72.3 Å². The first-order chi connectivity index (χ1) is 15.3. The van der Waals surface area contributed by atoms with Gasteiger partial charge in [0.2, 0.25) is 5.88 Å². The number of aromatic nitrogens is 2. The Morgan fingerprint density at radius 2 is 1.79 bits per heavy atom. The largest absolute Gasteiger partial charge is 0.433 e. The van der Waals surface area contributed by atoms with Gasteiger partial charge in [-0.15, -0.1) is 5.10 Å². The zero-order chi connectivity index (χ0) is 24.7. The Labute approximate surface area is 195 Å². The molecule has 2 heterocycles. The molecule has 2 aromatic rings. The first-order valence-electron chi connectivity index (χ1n) is 9.95. The maximum Gasteiger partial charge on any atom is 0.433 e. The molecule has 1 aromatic heterocycles. The number of rotatable bonds is 6. The molecule has 0 aliphatic carbocycles. The molecule has 33 heavy (non-hydrogen) atoms. The van der Waals surface area contributed by atoms with Crippen LogP contribution >= 0.6 is 15.9 Å². The van der Waals surface area contributed by atoms with Gasteiger partial charge >= 0.3 is 12.1 Å². The van der Waals surface area contributed by atoms with E-state index in [1.54, 1.807) is 24.3 Å². The number of halogens is 4. The van der Waals surface area contributed by atoms with Crippen LogP contribution in [0.3, 0.4) is 0 Å². The lowest BCUT2D eigenvalue weighted by atomic mass is 9.98. The zero-order valence-corrected chi connectivity index (χ0v) is 19.2. The highest BCUT2D eigenvalue weighted by atomic mass is 79.9. The molecule has 0 spiro atoms. The lowest BCUT2D eigenvalue weighted by Gasteiger charge is -2.43. The lowest BCUT2D eigenvalue weighted by Crippen LogP contribution is -2.67. The summed E-state index contributed by atoms with van der Waals surface area (Å²) in [5.74, 6) is -3.79. The highest BCUT2D eigenvalue weighted by Crippen LogP contribution is 2.41. The average Bonchev–Trinajstić information content (AvgIpc) is 3.09. The van der Waals surface area contributed by atoms with Crippen LogP contribution < -0.4 is 4.74 Å². The molecule has 3 rings (SSSR count). The SMILES string of the molecule is CC(C)n1nc(OC2(O)O[C@H](CO)[C@@H](O)[C@@H](O)[C@H]2O)c(Cc2ccc(Br)cc2)c1C(F)(F)F. The normalized spacial score (nSPS) is 28.4. The number of hydrogen-bond donors (Lipinski definition) is 5. The van der Waals surface area contributed by atoms with Crippen LogP contribution in [0.5, 0.6) is 5.88 Å². The van der Waals surface area contributed by atoms with E-state index in [-0.39, 0.29) is 6.42 Å². The van der Waals surface area contributed by atoms with E-state index < -0.39 is 66.4 Å². The molecule has 5 atom stereocenters. The van der Waals surface area contributed by atoms with Gasteiger partial charge in [0.05, 0.1) is 12.2 Å². The molecule has 1 aromatic carbocycles. The van der Waals surface area contributed by atoms with Crippen LogP contribution in [0.15, 0.2) is 28.7 Å². The molecule has 1 fully saturated rings. The van der Waals surface area contributed by atoms with E-state index in [4.69, 9.17) is 9.47 Å². The van der Waals surface area contributed by atoms with Crippen molar-refractivity contribution < 1.29 is 48.2 Å². The molecular weight excluding hydrogens is 517 g/mol.